The predicted molar refractivity (Wildman–Crippen MR) is 304 cm³/mol. The van der Waals surface area contributed by atoms with Crippen LogP contribution in [0.1, 0.15) is 63.1 Å². The van der Waals surface area contributed by atoms with Gasteiger partial charge >= 0.3 is 5.97 Å². The summed E-state index contributed by atoms with van der Waals surface area (Å²) in [5.74, 6) is -10.1. The van der Waals surface area contributed by atoms with Gasteiger partial charge in [0.05, 0.1) is 11.1 Å². The molecule has 0 radical (unpaired) electrons. The third-order valence-corrected chi connectivity index (χ3v) is 15.1. The number of carbonyl (C=O) groups is 7. The van der Waals surface area contributed by atoms with Gasteiger partial charge in [-0.2, -0.15) is 0 Å². The number of halogens is 1. The highest BCUT2D eigenvalue weighted by atomic mass is 35.5. The van der Waals surface area contributed by atoms with Crippen molar-refractivity contribution in [3.05, 3.63) is 184 Å². The number of aromatic nitrogens is 1. The van der Waals surface area contributed by atoms with Crippen LogP contribution in [0.15, 0.2) is 140 Å². The number of phenolic OH excluding ortho intramolecular Hbond substituents is 5. The number of carbonyl (C=O) groups excluding carboxylic acids is 6. The number of nitrogens with one attached hydrogen (secondary N) is 7. The number of aromatic amines is 1. The van der Waals surface area contributed by atoms with Crippen molar-refractivity contribution in [1.29, 1.82) is 0 Å². The molecule has 7 atom stereocenters. The molecule has 85 heavy (non-hydrogen) atoms. The van der Waals surface area contributed by atoms with E-state index in [2.05, 4.69) is 36.9 Å². The monoisotopic (exact) mass is 1170 g/mol. The van der Waals surface area contributed by atoms with Gasteiger partial charge in [-0.3, -0.25) is 28.8 Å². The molecule has 8 aromatic rings. The summed E-state index contributed by atoms with van der Waals surface area (Å²) in [6.07, 6.45) is 1.09. The first-order valence-corrected chi connectivity index (χ1v) is 26.8. The van der Waals surface area contributed by atoms with Crippen molar-refractivity contribution in [3.63, 3.8) is 0 Å². The fourth-order valence-electron chi connectivity index (χ4n) is 10.4. The Morgan fingerprint density at radius 1 is 0.600 bits per heavy atom. The van der Waals surface area contributed by atoms with Gasteiger partial charge in [0, 0.05) is 41.6 Å². The Labute approximate surface area is 486 Å². The smallest absolute Gasteiger partial charge is 0.330 e. The summed E-state index contributed by atoms with van der Waals surface area (Å²) in [5, 5.41) is 81.3. The van der Waals surface area contributed by atoms with E-state index in [4.69, 9.17) is 26.8 Å². The number of hydrogen-bond acceptors (Lipinski definition) is 15. The largest absolute Gasteiger partial charge is 0.508 e. The quantitative estimate of drug-likeness (QED) is 0.0993. The minimum atomic E-state index is -1.97. The molecule has 15 bridgehead atoms. The van der Waals surface area contributed by atoms with Gasteiger partial charge in [0.1, 0.15) is 59.0 Å². The minimum absolute atomic E-state index is 0.0120. The third kappa shape index (κ3) is 11.8. The molecule has 0 unspecified atom stereocenters. The molecule has 15 N–H and O–H groups in total. The van der Waals surface area contributed by atoms with Gasteiger partial charge in [-0.05, 0) is 130 Å². The lowest BCUT2D eigenvalue weighted by Crippen LogP contribution is -2.55. The van der Waals surface area contributed by atoms with Gasteiger partial charge in [0.15, 0.2) is 29.0 Å². The van der Waals surface area contributed by atoms with Crippen LogP contribution in [0.3, 0.4) is 0 Å². The molecule has 23 nitrogen and oxygen atoms in total. The summed E-state index contributed by atoms with van der Waals surface area (Å²) < 4.78 is 12.3. The summed E-state index contributed by atoms with van der Waals surface area (Å²) in [4.78, 5) is 106. The van der Waals surface area contributed by atoms with Gasteiger partial charge in [-0.25, -0.2) is 4.79 Å². The van der Waals surface area contributed by atoms with E-state index < -0.39 is 107 Å². The second kappa shape index (κ2) is 22.9. The van der Waals surface area contributed by atoms with Gasteiger partial charge in [-0.15, -0.1) is 0 Å². The third-order valence-electron chi connectivity index (χ3n) is 14.8. The van der Waals surface area contributed by atoms with Gasteiger partial charge in [0.25, 0.3) is 0 Å². The molecule has 0 saturated carbocycles. The van der Waals surface area contributed by atoms with E-state index in [1.807, 2.05) is 0 Å². The van der Waals surface area contributed by atoms with Crippen molar-refractivity contribution in [3.8, 4) is 62.9 Å². The Morgan fingerprint density at radius 3 is 1.94 bits per heavy atom. The number of aliphatic carboxylic acids is 1. The van der Waals surface area contributed by atoms with Crippen LogP contribution in [0.2, 0.25) is 5.02 Å². The van der Waals surface area contributed by atoms with Crippen LogP contribution in [-0.2, 0) is 52.8 Å². The molecular weight excluding hydrogens is 1120 g/mol. The first-order chi connectivity index (χ1) is 40.7. The van der Waals surface area contributed by atoms with E-state index in [-0.39, 0.29) is 80.8 Å². The number of fused-ring (bicyclic) bond motifs is 14. The van der Waals surface area contributed by atoms with Crippen molar-refractivity contribution in [1.82, 2.24) is 36.9 Å². The van der Waals surface area contributed by atoms with Crippen LogP contribution in [0, 0.1) is 0 Å². The molecule has 6 aliphatic rings. The molecule has 24 heteroatoms. The number of carboxylic acids is 1. The predicted octanol–water partition coefficient (Wildman–Crippen LogP) is 5.38. The number of benzene rings is 7. The van der Waals surface area contributed by atoms with E-state index in [0.717, 1.165) is 24.3 Å². The Kier molecular flexibility index (Phi) is 15.1. The molecule has 0 spiro atoms. The summed E-state index contributed by atoms with van der Waals surface area (Å²) in [5.41, 5.74) is 8.43. The SMILES string of the molecule is N[C@H](Cc1ccc(O)cc1)C(=O)N[C@H]1Cc2c[nH]c3cc(ccc23)-c2cc3cc(c2O)Oc2ccc(cc2)C[C@@H]2NC(=O)[C@H](NC(=O)[C@@H]3NC(=O)[C@H](c3cc(O)cc(O)c3)NC1=O)c1ccc(c(Cl)c1)Oc1cc(ccc1O)[C@@H](C(=O)O)NC2=O. The molecule has 6 amide bonds. The number of nitrogens with two attached hydrogens (primary N) is 1. The van der Waals surface area contributed by atoms with E-state index >= 15 is 14.4 Å². The topological polar surface area (TPSA) is 373 Å². The number of aromatic hydroxyl groups is 5. The van der Waals surface area contributed by atoms with Crippen LogP contribution in [0.5, 0.6) is 51.7 Å². The standard InChI is InChI=1S/C61H51ClN8O15/c62-41-20-30-7-14-47(41)85-48-23-31(6-13-46(48)74)53(61(82)83)70-56(77)44-16-28-3-10-38(11-4-28)84-49-24-33-19-40(54(49)75)29-5-12-39-34(26-64-43(39)21-29)22-45(65-55(76)42(63)15-27-1-8-35(71)9-2-27)57(78)67-51(32-17-36(72)25-37(73)18-32)59(80)69-52(33)60(81)68-50(30)58(79)66-44/h1-14,17-21,23-26,42,44-45,50-53,64,71-75H,15-16,22,63H2,(H,65,76)(H,66,79)(H,67,78)(H,68,81)(H,69,80)(H,70,77)(H,82,83)/t42-,44+,45+,50-,51+,52-,53+/m1/s1. The zero-order chi connectivity index (χ0) is 60.0. The van der Waals surface area contributed by atoms with Gasteiger partial charge in [0.2, 0.25) is 35.4 Å². The Hall–Kier alpha value is -10.8. The van der Waals surface area contributed by atoms with Gasteiger partial charge in [-0.1, -0.05) is 60.1 Å². The maximum Gasteiger partial charge on any atom is 0.330 e. The van der Waals surface area contributed by atoms with Crippen molar-refractivity contribution in [2.45, 2.75) is 61.6 Å². The lowest BCUT2D eigenvalue weighted by atomic mass is 9.94. The second-order valence-electron chi connectivity index (χ2n) is 20.6. The maximum absolute atomic E-state index is 15.6. The van der Waals surface area contributed by atoms with Crippen LogP contribution >= 0.6 is 11.6 Å². The highest BCUT2D eigenvalue weighted by Crippen LogP contribution is 2.44. The van der Waals surface area contributed by atoms with Crippen molar-refractivity contribution < 1.29 is 73.7 Å². The lowest BCUT2D eigenvalue weighted by molar-refractivity contribution is -0.142. The fraction of sp³-hybridized carbons (Fsp3) is 0.164. The van der Waals surface area contributed by atoms with Crippen LogP contribution in [0.4, 0.5) is 0 Å². The first kappa shape index (κ1) is 56.1. The number of amides is 6. The zero-order valence-corrected chi connectivity index (χ0v) is 45.0. The van der Waals surface area contributed by atoms with Crippen LogP contribution in [0.25, 0.3) is 22.0 Å². The molecule has 0 fully saturated rings. The molecule has 0 aliphatic carbocycles. The Morgan fingerprint density at radius 2 is 1.25 bits per heavy atom. The molecule has 7 aromatic carbocycles. The molecule has 14 rings (SSSR count). The summed E-state index contributed by atoms with van der Waals surface area (Å²) in [6.45, 7) is 0. The normalized spacial score (nSPS) is 20.0. The number of rotatable bonds is 6. The molecule has 7 heterocycles. The van der Waals surface area contributed by atoms with E-state index in [0.29, 0.717) is 33.2 Å². The van der Waals surface area contributed by atoms with E-state index in [1.54, 1.807) is 48.7 Å². The highest BCUT2D eigenvalue weighted by molar-refractivity contribution is 6.32. The Balaban J connectivity index is 1.07. The Bertz CT molecular complexity index is 4020. The summed E-state index contributed by atoms with van der Waals surface area (Å²) in [7, 11) is 0. The van der Waals surface area contributed by atoms with Crippen molar-refractivity contribution in [2.24, 2.45) is 5.73 Å². The zero-order valence-electron chi connectivity index (χ0n) is 44.3. The second-order valence-corrected chi connectivity index (χ2v) is 21.1. The van der Waals surface area contributed by atoms with E-state index in [9.17, 15) is 49.8 Å². The summed E-state index contributed by atoms with van der Waals surface area (Å²) >= 11 is 6.84. The van der Waals surface area contributed by atoms with Crippen molar-refractivity contribution in [2.75, 3.05) is 0 Å². The number of hydrogen-bond donors (Lipinski definition) is 14. The molecule has 6 aliphatic heterocycles. The number of H-pyrrole nitrogens is 1. The fourth-order valence-corrected chi connectivity index (χ4v) is 10.7. The van der Waals surface area contributed by atoms with Crippen LogP contribution in [-0.4, -0.2) is 95.2 Å². The average Bonchev–Trinajstić information content (AvgIpc) is 3.71. The summed E-state index contributed by atoms with van der Waals surface area (Å²) in [6, 6.07) is 18.6. The maximum atomic E-state index is 15.6. The molecular formula is C61H51ClN8O15. The molecule has 432 valence electrons. The highest BCUT2D eigenvalue weighted by Gasteiger charge is 2.38. The first-order valence-electron chi connectivity index (χ1n) is 26.4. The average molecular weight is 1170 g/mol. The molecule has 0 saturated heterocycles. The van der Waals surface area contributed by atoms with Gasteiger partial charge < -0.3 is 82.7 Å². The molecule has 1 aromatic heterocycles. The number of phenols is 5. The van der Waals surface area contributed by atoms with Crippen LogP contribution < -0.4 is 47.1 Å². The van der Waals surface area contributed by atoms with Crippen molar-refractivity contribution >= 4 is 63.9 Å². The minimum Gasteiger partial charge on any atom is -0.508 e. The van der Waals surface area contributed by atoms with E-state index in [1.165, 1.54) is 66.7 Å². The number of carboxylic acid groups (broad SMARTS) is 1. The number of ether oxygens (including phenoxy) is 2. The lowest BCUT2D eigenvalue weighted by Gasteiger charge is -2.29.